The van der Waals surface area contributed by atoms with E-state index < -0.39 is 0 Å². The lowest BCUT2D eigenvalue weighted by atomic mass is 10.3. The van der Waals surface area contributed by atoms with Crippen LogP contribution in [0.4, 0.5) is 0 Å². The van der Waals surface area contributed by atoms with Gasteiger partial charge in [-0.05, 0) is 19.7 Å². The molecule has 0 aliphatic carbocycles. The minimum absolute atomic E-state index is 0.487. The van der Waals surface area contributed by atoms with Crippen LogP contribution in [0.15, 0.2) is 28.9 Å². The van der Waals surface area contributed by atoms with Crippen LogP contribution in [0.25, 0.3) is 0 Å². The molecule has 0 aromatic heterocycles. The second kappa shape index (κ2) is 6.80. The molecule has 0 fully saturated rings. The van der Waals surface area contributed by atoms with Crippen molar-refractivity contribution >= 4 is 6.72 Å². The van der Waals surface area contributed by atoms with E-state index in [1.54, 1.807) is 0 Å². The molecule has 0 aromatic carbocycles. The van der Waals surface area contributed by atoms with E-state index in [1.165, 1.54) is 0 Å². The van der Waals surface area contributed by atoms with Crippen LogP contribution in [0.2, 0.25) is 0 Å². The van der Waals surface area contributed by atoms with E-state index in [0.29, 0.717) is 6.04 Å². The molecule has 0 saturated carbocycles. The van der Waals surface area contributed by atoms with Gasteiger partial charge in [-0.2, -0.15) is 0 Å². The highest BCUT2D eigenvalue weighted by molar-refractivity contribution is 5.30. The Bertz CT molecular complexity index is 178. The molecule has 0 aliphatic rings. The lowest BCUT2D eigenvalue weighted by Gasteiger charge is -2.06. The van der Waals surface area contributed by atoms with Crippen LogP contribution in [-0.2, 0) is 0 Å². The Labute approximate surface area is 75.1 Å². The third kappa shape index (κ3) is 5.86. The molecule has 68 valence electrons. The van der Waals surface area contributed by atoms with Gasteiger partial charge < -0.3 is 5.32 Å². The largest absolute Gasteiger partial charge is 0.309 e. The number of nitrogens with zero attached hydrogens (tertiary/aromatic N) is 1. The normalized spacial score (nSPS) is 12.8. The summed E-state index contributed by atoms with van der Waals surface area (Å²) in [6, 6.07) is 0.487. The van der Waals surface area contributed by atoms with Crippen molar-refractivity contribution in [1.82, 2.24) is 5.32 Å². The van der Waals surface area contributed by atoms with E-state index in [4.69, 9.17) is 0 Å². The van der Waals surface area contributed by atoms with Crippen LogP contribution in [0.3, 0.4) is 0 Å². The zero-order valence-corrected chi connectivity index (χ0v) is 8.17. The molecule has 0 aromatic rings. The van der Waals surface area contributed by atoms with Crippen molar-refractivity contribution in [3.05, 3.63) is 23.9 Å². The third-order valence-corrected chi connectivity index (χ3v) is 1.38. The molecule has 0 spiro atoms. The fourth-order valence-electron chi connectivity index (χ4n) is 0.684. The van der Waals surface area contributed by atoms with Crippen molar-refractivity contribution in [2.75, 3.05) is 6.54 Å². The van der Waals surface area contributed by atoms with E-state index in [0.717, 1.165) is 12.2 Å². The Kier molecular flexibility index (Phi) is 6.29. The first-order valence-corrected chi connectivity index (χ1v) is 4.22. The van der Waals surface area contributed by atoms with E-state index in [9.17, 15) is 0 Å². The van der Waals surface area contributed by atoms with Gasteiger partial charge >= 0.3 is 0 Å². The second-order valence-corrected chi connectivity index (χ2v) is 2.88. The Morgan fingerprint density at radius 2 is 2.25 bits per heavy atom. The van der Waals surface area contributed by atoms with E-state index in [1.807, 2.05) is 25.2 Å². The highest BCUT2D eigenvalue weighted by Crippen LogP contribution is 1.94. The van der Waals surface area contributed by atoms with Crippen LogP contribution in [0, 0.1) is 0 Å². The van der Waals surface area contributed by atoms with Crippen LogP contribution < -0.4 is 5.32 Å². The first-order chi connectivity index (χ1) is 5.70. The van der Waals surface area contributed by atoms with Gasteiger partial charge in [0.15, 0.2) is 0 Å². The minimum Gasteiger partial charge on any atom is -0.309 e. The molecule has 0 rings (SSSR count). The first-order valence-electron chi connectivity index (χ1n) is 4.22. The Hall–Kier alpha value is -0.890. The fraction of sp³-hybridized carbons (Fsp3) is 0.500. The molecule has 0 saturated heterocycles. The van der Waals surface area contributed by atoms with Gasteiger partial charge in [0.2, 0.25) is 0 Å². The van der Waals surface area contributed by atoms with Crippen LogP contribution >= 0.6 is 0 Å². The number of hydrogen-bond donors (Lipinski definition) is 1. The summed E-state index contributed by atoms with van der Waals surface area (Å²) < 4.78 is 0. The van der Waals surface area contributed by atoms with E-state index in [2.05, 4.69) is 30.9 Å². The standard InChI is InChI=1S/C10H18N2/c1-5-6-7-10(11-4)8-12-9(2)3/h5-7,9,12H,4,8H2,1-3H3/b6-5-,10-7-. The quantitative estimate of drug-likeness (QED) is 0.491. The first kappa shape index (κ1) is 11.1. The monoisotopic (exact) mass is 166 g/mol. The molecule has 0 bridgehead atoms. The number of aliphatic imine (C=N–C) groups is 1. The van der Waals surface area contributed by atoms with Crippen LogP contribution in [-0.4, -0.2) is 19.3 Å². The Balaban J connectivity index is 3.91. The van der Waals surface area contributed by atoms with E-state index >= 15 is 0 Å². The maximum atomic E-state index is 3.89. The molecule has 2 nitrogen and oxygen atoms in total. The summed E-state index contributed by atoms with van der Waals surface area (Å²) in [6.45, 7) is 10.5. The molecule has 0 radical (unpaired) electrons. The molecular formula is C10H18N2. The molecule has 0 unspecified atom stereocenters. The van der Waals surface area contributed by atoms with Crippen molar-refractivity contribution in [2.24, 2.45) is 4.99 Å². The second-order valence-electron chi connectivity index (χ2n) is 2.88. The summed E-state index contributed by atoms with van der Waals surface area (Å²) in [4.78, 5) is 3.89. The van der Waals surface area contributed by atoms with E-state index in [-0.39, 0.29) is 0 Å². The van der Waals surface area contributed by atoms with Gasteiger partial charge in [0.1, 0.15) is 0 Å². The van der Waals surface area contributed by atoms with Gasteiger partial charge in [0, 0.05) is 12.6 Å². The predicted octanol–water partition coefficient (Wildman–Crippen LogP) is 2.14. The van der Waals surface area contributed by atoms with Crippen molar-refractivity contribution in [2.45, 2.75) is 26.8 Å². The smallest absolute Gasteiger partial charge is 0.0534 e. The molecule has 0 atom stereocenters. The molecule has 2 heteroatoms. The highest BCUT2D eigenvalue weighted by Gasteiger charge is 1.93. The molecule has 0 aliphatic heterocycles. The van der Waals surface area contributed by atoms with Gasteiger partial charge in [0.25, 0.3) is 0 Å². The number of hydrogen-bond acceptors (Lipinski definition) is 2. The Morgan fingerprint density at radius 1 is 1.58 bits per heavy atom. The molecular weight excluding hydrogens is 148 g/mol. The van der Waals surface area contributed by atoms with Gasteiger partial charge in [-0.3, -0.25) is 4.99 Å². The lowest BCUT2D eigenvalue weighted by Crippen LogP contribution is -2.24. The molecule has 0 heterocycles. The van der Waals surface area contributed by atoms with Gasteiger partial charge in [-0.1, -0.05) is 26.0 Å². The average molecular weight is 166 g/mol. The minimum atomic E-state index is 0.487. The summed E-state index contributed by atoms with van der Waals surface area (Å²) in [5.74, 6) is 0. The van der Waals surface area contributed by atoms with Crippen molar-refractivity contribution in [3.63, 3.8) is 0 Å². The predicted molar refractivity (Wildman–Crippen MR) is 55.6 cm³/mol. The summed E-state index contributed by atoms with van der Waals surface area (Å²) in [6.07, 6.45) is 5.90. The molecule has 0 amide bonds. The van der Waals surface area contributed by atoms with Crippen LogP contribution in [0.5, 0.6) is 0 Å². The number of allylic oxidation sites excluding steroid dienone is 3. The number of nitrogens with one attached hydrogen (secondary N) is 1. The van der Waals surface area contributed by atoms with Crippen molar-refractivity contribution in [3.8, 4) is 0 Å². The maximum Gasteiger partial charge on any atom is 0.0534 e. The number of rotatable bonds is 5. The Morgan fingerprint density at radius 3 is 2.67 bits per heavy atom. The van der Waals surface area contributed by atoms with Gasteiger partial charge in [0.05, 0.1) is 5.70 Å². The summed E-state index contributed by atoms with van der Waals surface area (Å²) in [7, 11) is 0. The topological polar surface area (TPSA) is 24.4 Å². The molecule has 1 N–H and O–H groups in total. The van der Waals surface area contributed by atoms with Crippen LogP contribution in [0.1, 0.15) is 20.8 Å². The zero-order valence-electron chi connectivity index (χ0n) is 8.17. The maximum absolute atomic E-state index is 3.89. The average Bonchev–Trinajstić information content (AvgIpc) is 2.05. The zero-order chi connectivity index (χ0) is 9.40. The lowest BCUT2D eigenvalue weighted by molar-refractivity contribution is 0.620. The SMILES string of the molecule is C=N/C(=C\C=C/C)CNC(C)C. The summed E-state index contributed by atoms with van der Waals surface area (Å²) >= 11 is 0. The van der Waals surface area contributed by atoms with Crippen molar-refractivity contribution in [1.29, 1.82) is 0 Å². The fourth-order valence-corrected chi connectivity index (χ4v) is 0.684. The summed E-state index contributed by atoms with van der Waals surface area (Å²) in [5.41, 5.74) is 0.974. The van der Waals surface area contributed by atoms with Gasteiger partial charge in [-0.15, -0.1) is 0 Å². The third-order valence-electron chi connectivity index (χ3n) is 1.38. The summed E-state index contributed by atoms with van der Waals surface area (Å²) in [5, 5.41) is 3.27. The molecule has 12 heavy (non-hydrogen) atoms. The highest BCUT2D eigenvalue weighted by atomic mass is 14.9. The van der Waals surface area contributed by atoms with Crippen molar-refractivity contribution < 1.29 is 0 Å². The van der Waals surface area contributed by atoms with Gasteiger partial charge in [-0.25, -0.2) is 0 Å².